The van der Waals surface area contributed by atoms with Crippen molar-refractivity contribution < 1.29 is 0 Å². The predicted molar refractivity (Wildman–Crippen MR) is 73.5 cm³/mol. The molecule has 1 aliphatic heterocycles. The number of halogens is 1. The average Bonchev–Trinajstić information content (AvgIpc) is 2.81. The summed E-state index contributed by atoms with van der Waals surface area (Å²) >= 11 is 8.19. The van der Waals surface area contributed by atoms with Crippen LogP contribution in [0.3, 0.4) is 0 Å². The van der Waals surface area contributed by atoms with E-state index in [4.69, 9.17) is 17.3 Å². The number of thioether (sulfide) groups is 1. The van der Waals surface area contributed by atoms with Crippen LogP contribution in [0.5, 0.6) is 0 Å². The van der Waals surface area contributed by atoms with Gasteiger partial charge in [-0.3, -0.25) is 0 Å². The van der Waals surface area contributed by atoms with Crippen molar-refractivity contribution in [1.29, 1.82) is 0 Å². The van der Waals surface area contributed by atoms with Gasteiger partial charge in [0.05, 0.1) is 0 Å². The van der Waals surface area contributed by atoms with Crippen LogP contribution in [-0.2, 0) is 6.54 Å². The molecule has 1 aromatic rings. The Kier molecular flexibility index (Phi) is 4.00. The standard InChI is InChI=1S/C12H17ClN2S/c1-15(11-4-5-16-8-11)10-3-2-9(7-14)12(13)6-10/h2-3,6,11H,4-5,7-8,14H2,1H3. The molecule has 2 nitrogen and oxygen atoms in total. The van der Waals surface area contributed by atoms with Gasteiger partial charge in [0.2, 0.25) is 0 Å². The highest BCUT2D eigenvalue weighted by atomic mass is 35.5. The number of hydrogen-bond donors (Lipinski definition) is 1. The zero-order valence-electron chi connectivity index (χ0n) is 9.45. The van der Waals surface area contributed by atoms with Crippen LogP contribution in [-0.4, -0.2) is 24.6 Å². The van der Waals surface area contributed by atoms with Crippen LogP contribution in [0, 0.1) is 0 Å². The van der Waals surface area contributed by atoms with Gasteiger partial charge in [-0.05, 0) is 29.9 Å². The molecule has 1 aromatic carbocycles. The Morgan fingerprint density at radius 1 is 1.56 bits per heavy atom. The molecule has 1 aliphatic rings. The highest BCUT2D eigenvalue weighted by Gasteiger charge is 2.20. The van der Waals surface area contributed by atoms with Gasteiger partial charge >= 0.3 is 0 Å². The summed E-state index contributed by atoms with van der Waals surface area (Å²) in [6, 6.07) is 6.80. The van der Waals surface area contributed by atoms with Gasteiger partial charge in [-0.1, -0.05) is 17.7 Å². The van der Waals surface area contributed by atoms with Crippen molar-refractivity contribution in [1.82, 2.24) is 0 Å². The third-order valence-corrected chi connectivity index (χ3v) is 4.61. The highest BCUT2D eigenvalue weighted by Crippen LogP contribution is 2.28. The van der Waals surface area contributed by atoms with Gasteiger partial charge in [-0.25, -0.2) is 0 Å². The van der Waals surface area contributed by atoms with Crippen molar-refractivity contribution in [2.45, 2.75) is 19.0 Å². The van der Waals surface area contributed by atoms with E-state index >= 15 is 0 Å². The molecule has 4 heteroatoms. The molecule has 0 saturated carbocycles. The number of nitrogens with zero attached hydrogens (tertiary/aromatic N) is 1. The molecule has 0 aliphatic carbocycles. The lowest BCUT2D eigenvalue weighted by Gasteiger charge is -2.26. The van der Waals surface area contributed by atoms with Crippen molar-refractivity contribution >= 4 is 29.1 Å². The summed E-state index contributed by atoms with van der Waals surface area (Å²) in [4.78, 5) is 2.33. The van der Waals surface area contributed by atoms with Gasteiger partial charge in [-0.2, -0.15) is 11.8 Å². The summed E-state index contributed by atoms with van der Waals surface area (Å²) in [6.07, 6.45) is 1.26. The first-order valence-corrected chi connectivity index (χ1v) is 7.04. The fourth-order valence-electron chi connectivity index (χ4n) is 1.96. The summed E-state index contributed by atoms with van der Waals surface area (Å²) in [5.41, 5.74) is 7.80. The van der Waals surface area contributed by atoms with Crippen LogP contribution in [0.4, 0.5) is 5.69 Å². The van der Waals surface area contributed by atoms with E-state index in [0.29, 0.717) is 12.6 Å². The van der Waals surface area contributed by atoms with Gasteiger partial charge in [0.15, 0.2) is 0 Å². The van der Waals surface area contributed by atoms with E-state index < -0.39 is 0 Å². The molecule has 1 saturated heterocycles. The van der Waals surface area contributed by atoms with Gasteiger partial charge < -0.3 is 10.6 Å². The molecule has 1 atom stereocenters. The van der Waals surface area contributed by atoms with Crippen molar-refractivity contribution in [3.05, 3.63) is 28.8 Å². The number of hydrogen-bond acceptors (Lipinski definition) is 3. The van der Waals surface area contributed by atoms with Crippen LogP contribution in [0.1, 0.15) is 12.0 Å². The molecule has 1 unspecified atom stereocenters. The number of benzene rings is 1. The summed E-state index contributed by atoms with van der Waals surface area (Å²) in [5.74, 6) is 2.48. The molecule has 1 heterocycles. The van der Waals surface area contributed by atoms with E-state index in [2.05, 4.69) is 18.0 Å². The maximum Gasteiger partial charge on any atom is 0.0471 e. The summed E-state index contributed by atoms with van der Waals surface area (Å²) < 4.78 is 0. The molecule has 0 aromatic heterocycles. The van der Waals surface area contributed by atoms with E-state index in [1.807, 2.05) is 23.9 Å². The molecule has 0 spiro atoms. The van der Waals surface area contributed by atoms with E-state index in [0.717, 1.165) is 10.6 Å². The van der Waals surface area contributed by atoms with E-state index in [-0.39, 0.29) is 0 Å². The number of nitrogens with two attached hydrogens (primary N) is 1. The SMILES string of the molecule is CN(c1ccc(CN)c(Cl)c1)C1CCSC1. The van der Waals surface area contributed by atoms with Gasteiger partial charge in [-0.15, -0.1) is 0 Å². The fourth-order valence-corrected chi connectivity index (χ4v) is 3.48. The highest BCUT2D eigenvalue weighted by molar-refractivity contribution is 7.99. The lowest BCUT2D eigenvalue weighted by Crippen LogP contribution is -2.31. The molecule has 0 amide bonds. The van der Waals surface area contributed by atoms with Crippen molar-refractivity contribution in [3.8, 4) is 0 Å². The molecule has 88 valence electrons. The van der Waals surface area contributed by atoms with Crippen LogP contribution in [0.15, 0.2) is 18.2 Å². The summed E-state index contributed by atoms with van der Waals surface area (Å²) in [7, 11) is 2.14. The zero-order valence-corrected chi connectivity index (χ0v) is 11.0. The molecular weight excluding hydrogens is 240 g/mol. The van der Waals surface area contributed by atoms with Crippen LogP contribution in [0.25, 0.3) is 0 Å². The lowest BCUT2D eigenvalue weighted by atomic mass is 10.1. The van der Waals surface area contributed by atoms with Gasteiger partial charge in [0, 0.05) is 36.1 Å². The molecule has 2 N–H and O–H groups in total. The molecule has 2 rings (SSSR count). The minimum absolute atomic E-state index is 0.502. The Balaban J connectivity index is 2.16. The Bertz CT molecular complexity index is 364. The van der Waals surface area contributed by atoms with Crippen LogP contribution >= 0.6 is 23.4 Å². The van der Waals surface area contributed by atoms with E-state index in [1.54, 1.807) is 0 Å². The summed E-state index contributed by atoms with van der Waals surface area (Å²) in [5, 5.41) is 0.775. The maximum absolute atomic E-state index is 6.17. The first kappa shape index (κ1) is 12.1. The number of rotatable bonds is 3. The van der Waals surface area contributed by atoms with Gasteiger partial charge in [0.1, 0.15) is 0 Å². The largest absolute Gasteiger partial charge is 0.371 e. The van der Waals surface area contributed by atoms with Crippen molar-refractivity contribution in [2.24, 2.45) is 5.73 Å². The predicted octanol–water partition coefficient (Wildman–Crippen LogP) is 2.74. The van der Waals surface area contributed by atoms with Crippen LogP contribution in [0.2, 0.25) is 5.02 Å². The molecule has 1 fully saturated rings. The second-order valence-electron chi connectivity index (χ2n) is 4.11. The first-order chi connectivity index (χ1) is 7.72. The monoisotopic (exact) mass is 256 g/mol. The second-order valence-corrected chi connectivity index (χ2v) is 5.67. The maximum atomic E-state index is 6.17. The molecular formula is C12H17ClN2S. The van der Waals surface area contributed by atoms with Crippen molar-refractivity contribution in [2.75, 3.05) is 23.5 Å². The lowest BCUT2D eigenvalue weighted by molar-refractivity contribution is 0.700. The second kappa shape index (κ2) is 5.30. The van der Waals surface area contributed by atoms with Crippen LogP contribution < -0.4 is 10.6 Å². The third kappa shape index (κ3) is 2.47. The third-order valence-electron chi connectivity index (χ3n) is 3.12. The molecule has 0 bridgehead atoms. The average molecular weight is 257 g/mol. The quantitative estimate of drug-likeness (QED) is 0.902. The Labute approximate surface area is 106 Å². The minimum Gasteiger partial charge on any atom is -0.371 e. The Hall–Kier alpha value is -0.380. The van der Waals surface area contributed by atoms with Crippen molar-refractivity contribution in [3.63, 3.8) is 0 Å². The van der Waals surface area contributed by atoms with E-state index in [9.17, 15) is 0 Å². The molecule has 0 radical (unpaired) electrons. The Morgan fingerprint density at radius 2 is 2.38 bits per heavy atom. The minimum atomic E-state index is 0.502. The first-order valence-electron chi connectivity index (χ1n) is 5.51. The molecule has 16 heavy (non-hydrogen) atoms. The topological polar surface area (TPSA) is 29.3 Å². The fraction of sp³-hybridized carbons (Fsp3) is 0.500. The normalized spacial score (nSPS) is 20.1. The van der Waals surface area contributed by atoms with E-state index in [1.165, 1.54) is 23.6 Å². The van der Waals surface area contributed by atoms with Gasteiger partial charge in [0.25, 0.3) is 0 Å². The Morgan fingerprint density at radius 3 is 2.94 bits per heavy atom. The smallest absolute Gasteiger partial charge is 0.0471 e. The number of anilines is 1. The summed E-state index contributed by atoms with van der Waals surface area (Å²) in [6.45, 7) is 0.502. The zero-order chi connectivity index (χ0) is 11.5.